The van der Waals surface area contributed by atoms with E-state index in [0.29, 0.717) is 28.0 Å². The van der Waals surface area contributed by atoms with Crippen LogP contribution in [0.15, 0.2) is 82.3 Å². The zero-order chi connectivity index (χ0) is 26.1. The molecule has 5 aromatic rings. The number of benzene rings is 2. The third-order valence-electron chi connectivity index (χ3n) is 6.90. The summed E-state index contributed by atoms with van der Waals surface area (Å²) in [5, 5.41) is 3.14. The van der Waals surface area contributed by atoms with E-state index in [1.165, 1.54) is 12.1 Å². The molecule has 0 saturated heterocycles. The molecule has 6 rings (SSSR count). The van der Waals surface area contributed by atoms with Crippen LogP contribution in [0.25, 0.3) is 22.2 Å². The molecule has 0 radical (unpaired) electrons. The quantitative estimate of drug-likeness (QED) is 0.303. The van der Waals surface area contributed by atoms with E-state index in [9.17, 15) is 13.2 Å². The fourth-order valence-corrected chi connectivity index (χ4v) is 6.12. The van der Waals surface area contributed by atoms with Crippen LogP contribution in [0.1, 0.15) is 48.2 Å². The predicted molar refractivity (Wildman–Crippen MR) is 144 cm³/mol. The van der Waals surface area contributed by atoms with Gasteiger partial charge in [-0.15, -0.1) is 0 Å². The Balaban J connectivity index is 1.57. The number of nitrogens with one attached hydrogen (secondary N) is 2. The minimum atomic E-state index is -4.04. The van der Waals surface area contributed by atoms with Gasteiger partial charge in [0.25, 0.3) is 15.9 Å². The highest BCUT2D eigenvalue weighted by Crippen LogP contribution is 2.33. The number of furan rings is 1. The Labute approximate surface area is 219 Å². The van der Waals surface area contributed by atoms with Crippen LogP contribution in [0.2, 0.25) is 0 Å². The van der Waals surface area contributed by atoms with E-state index in [1.807, 2.05) is 24.3 Å². The summed E-state index contributed by atoms with van der Waals surface area (Å²) in [5.74, 6) is 0.301. The molecule has 10 heteroatoms. The fourth-order valence-electron chi connectivity index (χ4n) is 5.02. The van der Waals surface area contributed by atoms with E-state index < -0.39 is 10.0 Å². The normalized spacial score (nSPS) is 14.6. The highest BCUT2D eigenvalue weighted by Gasteiger charge is 2.30. The summed E-state index contributed by atoms with van der Waals surface area (Å²) < 4.78 is 37.0. The van der Waals surface area contributed by atoms with Gasteiger partial charge in [-0.25, -0.2) is 18.4 Å². The van der Waals surface area contributed by atoms with Gasteiger partial charge in [-0.3, -0.25) is 9.52 Å². The first-order valence-electron chi connectivity index (χ1n) is 12.7. The number of aromatic nitrogens is 3. The third kappa shape index (κ3) is 4.63. The molecule has 0 bridgehead atoms. The molecule has 0 atom stereocenters. The highest BCUT2D eigenvalue weighted by atomic mass is 32.2. The summed E-state index contributed by atoms with van der Waals surface area (Å²) in [4.78, 5) is 23.6. The van der Waals surface area contributed by atoms with Crippen LogP contribution in [0.4, 0.5) is 5.82 Å². The largest absolute Gasteiger partial charge is 0.467 e. The molecule has 1 saturated carbocycles. The van der Waals surface area contributed by atoms with E-state index in [0.717, 1.165) is 32.1 Å². The van der Waals surface area contributed by atoms with Crippen molar-refractivity contribution in [3.8, 4) is 0 Å². The molecule has 0 unspecified atom stereocenters. The Morgan fingerprint density at radius 2 is 1.63 bits per heavy atom. The van der Waals surface area contributed by atoms with Gasteiger partial charge < -0.3 is 14.3 Å². The lowest BCUT2D eigenvalue weighted by molar-refractivity contribution is 0.0930. The van der Waals surface area contributed by atoms with Crippen LogP contribution in [0.5, 0.6) is 0 Å². The van der Waals surface area contributed by atoms with Gasteiger partial charge in [0, 0.05) is 6.04 Å². The van der Waals surface area contributed by atoms with E-state index >= 15 is 0 Å². The second-order valence-electron chi connectivity index (χ2n) is 9.50. The molecule has 3 aromatic heterocycles. The predicted octanol–water partition coefficient (Wildman–Crippen LogP) is 5.09. The van der Waals surface area contributed by atoms with Crippen molar-refractivity contribution in [2.24, 2.45) is 0 Å². The number of sulfonamides is 1. The van der Waals surface area contributed by atoms with Crippen molar-refractivity contribution >= 4 is 43.9 Å². The van der Waals surface area contributed by atoms with Gasteiger partial charge in [0.15, 0.2) is 5.65 Å². The average molecular weight is 530 g/mol. The molecule has 1 aliphatic carbocycles. The van der Waals surface area contributed by atoms with Crippen molar-refractivity contribution in [1.29, 1.82) is 0 Å². The lowest BCUT2D eigenvalue weighted by atomic mass is 9.95. The van der Waals surface area contributed by atoms with Crippen molar-refractivity contribution in [2.75, 3.05) is 4.72 Å². The maximum atomic E-state index is 13.9. The summed E-state index contributed by atoms with van der Waals surface area (Å²) in [6.45, 7) is 0.153. The smallest absolute Gasteiger partial charge is 0.263 e. The highest BCUT2D eigenvalue weighted by molar-refractivity contribution is 7.92. The van der Waals surface area contributed by atoms with Gasteiger partial charge in [-0.1, -0.05) is 49.6 Å². The Hall–Kier alpha value is -4.18. The molecule has 0 aliphatic heterocycles. The molecule has 194 valence electrons. The number of hydrogen-bond donors (Lipinski definition) is 2. The average Bonchev–Trinajstić information content (AvgIpc) is 3.55. The third-order valence-corrected chi connectivity index (χ3v) is 8.25. The molecule has 9 nitrogen and oxygen atoms in total. The van der Waals surface area contributed by atoms with Crippen LogP contribution < -0.4 is 10.0 Å². The number of fused-ring (bicyclic) bond motifs is 2. The van der Waals surface area contributed by atoms with Crippen molar-refractivity contribution in [1.82, 2.24) is 19.9 Å². The number of anilines is 1. The van der Waals surface area contributed by atoms with Crippen molar-refractivity contribution in [3.63, 3.8) is 0 Å². The lowest BCUT2D eigenvalue weighted by Gasteiger charge is -2.23. The molecule has 3 heterocycles. The number of para-hydroxylation sites is 2. The molecule has 1 fully saturated rings. The monoisotopic (exact) mass is 529 g/mol. The number of nitrogens with zero attached hydrogens (tertiary/aromatic N) is 3. The van der Waals surface area contributed by atoms with Crippen LogP contribution in [-0.4, -0.2) is 34.9 Å². The van der Waals surface area contributed by atoms with E-state index in [4.69, 9.17) is 14.4 Å². The Morgan fingerprint density at radius 3 is 2.34 bits per heavy atom. The molecule has 0 spiro atoms. The van der Waals surface area contributed by atoms with Gasteiger partial charge in [-0.2, -0.15) is 0 Å². The molecule has 1 amide bonds. The van der Waals surface area contributed by atoms with E-state index in [1.54, 1.807) is 41.2 Å². The summed E-state index contributed by atoms with van der Waals surface area (Å²) in [7, 11) is -4.04. The minimum absolute atomic E-state index is 0.0201. The summed E-state index contributed by atoms with van der Waals surface area (Å²) in [6.07, 6.45) is 6.56. The second kappa shape index (κ2) is 9.94. The van der Waals surface area contributed by atoms with Gasteiger partial charge in [0.05, 0.1) is 28.7 Å². The van der Waals surface area contributed by atoms with Crippen molar-refractivity contribution < 1.29 is 17.6 Å². The van der Waals surface area contributed by atoms with E-state index in [-0.39, 0.29) is 34.8 Å². The first-order valence-corrected chi connectivity index (χ1v) is 14.2. The van der Waals surface area contributed by atoms with Crippen LogP contribution >= 0.6 is 0 Å². The first-order chi connectivity index (χ1) is 18.5. The minimum Gasteiger partial charge on any atom is -0.467 e. The SMILES string of the molecule is O=C(NC1CCCCC1)c1c(NS(=O)(=O)c2ccccc2)n(Cc2ccco2)c2nc3ccccc3nc12. The first kappa shape index (κ1) is 24.2. The van der Waals surface area contributed by atoms with E-state index in [2.05, 4.69) is 10.0 Å². The molecule has 2 aromatic carbocycles. The maximum Gasteiger partial charge on any atom is 0.263 e. The van der Waals surface area contributed by atoms with Crippen LogP contribution in [0.3, 0.4) is 0 Å². The van der Waals surface area contributed by atoms with Gasteiger partial charge in [-0.05, 0) is 49.2 Å². The number of amides is 1. The molecule has 2 N–H and O–H groups in total. The standard InChI is InChI=1S/C28H27N5O4S/c34-28(29-19-10-3-1-4-11-19)24-25-27(31-23-16-8-7-15-22(23)30-25)33(18-20-12-9-17-37-20)26(24)32-38(35,36)21-13-5-2-6-14-21/h2,5-9,12-17,19,32H,1,3-4,10-11,18H2,(H,29,34). The van der Waals surface area contributed by atoms with Crippen LogP contribution in [0, 0.1) is 0 Å². The molecular formula is C28H27N5O4S. The fraction of sp³-hybridized carbons (Fsp3) is 0.250. The van der Waals surface area contributed by atoms with Gasteiger partial charge in [0.2, 0.25) is 0 Å². The Bertz CT molecular complexity index is 1710. The number of hydrogen-bond acceptors (Lipinski definition) is 6. The number of carbonyl (C=O) groups is 1. The van der Waals surface area contributed by atoms with Crippen molar-refractivity contribution in [3.05, 3.63) is 84.3 Å². The Kier molecular flexibility index (Phi) is 6.32. The number of carbonyl (C=O) groups excluding carboxylic acids is 1. The maximum absolute atomic E-state index is 13.9. The second-order valence-corrected chi connectivity index (χ2v) is 11.2. The van der Waals surface area contributed by atoms with Gasteiger partial charge >= 0.3 is 0 Å². The van der Waals surface area contributed by atoms with Crippen molar-refractivity contribution in [2.45, 2.75) is 49.6 Å². The summed E-state index contributed by atoms with van der Waals surface area (Å²) >= 11 is 0. The number of rotatable bonds is 7. The lowest BCUT2D eigenvalue weighted by Crippen LogP contribution is -2.36. The summed E-state index contributed by atoms with van der Waals surface area (Å²) in [5.41, 5.74) is 2.11. The topological polar surface area (TPSA) is 119 Å². The summed E-state index contributed by atoms with van der Waals surface area (Å²) in [6, 6.07) is 19.0. The van der Waals surface area contributed by atoms with Gasteiger partial charge in [0.1, 0.15) is 22.7 Å². The molecule has 1 aliphatic rings. The molecular weight excluding hydrogens is 502 g/mol. The van der Waals surface area contributed by atoms with Crippen LogP contribution in [-0.2, 0) is 16.6 Å². The molecule has 38 heavy (non-hydrogen) atoms. The Morgan fingerprint density at radius 1 is 0.921 bits per heavy atom. The zero-order valence-electron chi connectivity index (χ0n) is 20.6. The zero-order valence-corrected chi connectivity index (χ0v) is 21.4.